The van der Waals surface area contributed by atoms with E-state index in [9.17, 15) is 4.79 Å². The van der Waals surface area contributed by atoms with E-state index in [1.165, 1.54) is 7.11 Å². The van der Waals surface area contributed by atoms with Crippen LogP contribution in [0.3, 0.4) is 0 Å². The summed E-state index contributed by atoms with van der Waals surface area (Å²) in [6, 6.07) is 9.22. The van der Waals surface area contributed by atoms with E-state index in [-0.39, 0.29) is 12.0 Å². The summed E-state index contributed by atoms with van der Waals surface area (Å²) >= 11 is 0. The van der Waals surface area contributed by atoms with Crippen LogP contribution in [0.4, 0.5) is 5.69 Å². The van der Waals surface area contributed by atoms with Gasteiger partial charge >= 0.3 is 5.97 Å². The van der Waals surface area contributed by atoms with E-state index in [4.69, 9.17) is 10.00 Å². The minimum absolute atomic E-state index is 0.181. The first-order valence-corrected chi connectivity index (χ1v) is 6.11. The third kappa shape index (κ3) is 2.45. The van der Waals surface area contributed by atoms with Gasteiger partial charge in [-0.05, 0) is 43.5 Å². The number of piperidine rings is 1. The van der Waals surface area contributed by atoms with Crippen LogP contribution in [0.25, 0.3) is 0 Å². The van der Waals surface area contributed by atoms with Crippen LogP contribution in [0.1, 0.15) is 24.8 Å². The van der Waals surface area contributed by atoms with E-state index in [1.54, 1.807) is 12.1 Å². The molecule has 0 aliphatic carbocycles. The first-order valence-electron chi connectivity index (χ1n) is 6.11. The first kappa shape index (κ1) is 12.4. The van der Waals surface area contributed by atoms with Crippen LogP contribution >= 0.6 is 0 Å². The van der Waals surface area contributed by atoms with Gasteiger partial charge in [-0.1, -0.05) is 0 Å². The summed E-state index contributed by atoms with van der Waals surface area (Å²) in [6.07, 6.45) is 2.95. The lowest BCUT2D eigenvalue weighted by Gasteiger charge is -2.35. The Balaban J connectivity index is 2.22. The van der Waals surface area contributed by atoms with Gasteiger partial charge in [0.25, 0.3) is 0 Å². The maximum absolute atomic E-state index is 11.8. The van der Waals surface area contributed by atoms with Gasteiger partial charge in [0.2, 0.25) is 0 Å². The highest BCUT2D eigenvalue weighted by atomic mass is 16.5. The molecule has 0 radical (unpaired) electrons. The molecule has 1 aliphatic heterocycles. The second-order valence-electron chi connectivity index (χ2n) is 4.39. The molecule has 0 amide bonds. The fraction of sp³-hybridized carbons (Fsp3) is 0.429. The number of methoxy groups -OCH3 is 1. The molecular formula is C14H16N2O2. The predicted molar refractivity (Wildman–Crippen MR) is 68.2 cm³/mol. The van der Waals surface area contributed by atoms with Crippen molar-refractivity contribution in [1.29, 1.82) is 5.26 Å². The summed E-state index contributed by atoms with van der Waals surface area (Å²) in [5.74, 6) is -0.181. The molecule has 0 saturated carbocycles. The molecule has 94 valence electrons. The van der Waals surface area contributed by atoms with Crippen LogP contribution in [0.15, 0.2) is 24.3 Å². The van der Waals surface area contributed by atoms with Crippen LogP contribution in [0, 0.1) is 11.3 Å². The summed E-state index contributed by atoms with van der Waals surface area (Å²) in [5.41, 5.74) is 1.61. The maximum Gasteiger partial charge on any atom is 0.328 e. The molecule has 0 N–H and O–H groups in total. The van der Waals surface area contributed by atoms with Crippen molar-refractivity contribution in [2.24, 2.45) is 0 Å². The summed E-state index contributed by atoms with van der Waals surface area (Å²) < 4.78 is 4.85. The van der Waals surface area contributed by atoms with Gasteiger partial charge in [-0.2, -0.15) is 5.26 Å². The predicted octanol–water partition coefficient (Wildman–Crippen LogP) is 2.09. The molecular weight excluding hydrogens is 228 g/mol. The molecule has 1 aliphatic rings. The van der Waals surface area contributed by atoms with Crippen LogP contribution in [-0.4, -0.2) is 25.7 Å². The Kier molecular flexibility index (Phi) is 3.83. The van der Waals surface area contributed by atoms with Gasteiger partial charge in [0.15, 0.2) is 0 Å². The van der Waals surface area contributed by atoms with E-state index in [0.29, 0.717) is 5.56 Å². The topological polar surface area (TPSA) is 53.3 Å². The fourth-order valence-corrected chi connectivity index (χ4v) is 2.35. The van der Waals surface area contributed by atoms with Crippen molar-refractivity contribution in [3.8, 4) is 6.07 Å². The van der Waals surface area contributed by atoms with Crippen molar-refractivity contribution < 1.29 is 9.53 Å². The van der Waals surface area contributed by atoms with Crippen molar-refractivity contribution >= 4 is 11.7 Å². The number of ether oxygens (including phenoxy) is 1. The normalized spacial score (nSPS) is 19.1. The van der Waals surface area contributed by atoms with Crippen molar-refractivity contribution in [3.63, 3.8) is 0 Å². The van der Waals surface area contributed by atoms with E-state index in [2.05, 4.69) is 11.0 Å². The second-order valence-corrected chi connectivity index (χ2v) is 4.39. The van der Waals surface area contributed by atoms with Gasteiger partial charge in [0, 0.05) is 12.2 Å². The van der Waals surface area contributed by atoms with Crippen LogP contribution in [-0.2, 0) is 9.53 Å². The van der Waals surface area contributed by atoms with Crippen molar-refractivity contribution in [2.75, 3.05) is 18.6 Å². The maximum atomic E-state index is 11.8. The Morgan fingerprint density at radius 3 is 2.72 bits per heavy atom. The van der Waals surface area contributed by atoms with Gasteiger partial charge in [-0.15, -0.1) is 0 Å². The third-order valence-electron chi connectivity index (χ3n) is 3.30. The van der Waals surface area contributed by atoms with Gasteiger partial charge in [-0.25, -0.2) is 4.79 Å². The molecule has 4 heteroatoms. The van der Waals surface area contributed by atoms with E-state index in [1.807, 2.05) is 12.1 Å². The summed E-state index contributed by atoms with van der Waals surface area (Å²) in [4.78, 5) is 13.8. The molecule has 1 atom stereocenters. The zero-order valence-corrected chi connectivity index (χ0v) is 10.4. The molecule has 1 heterocycles. The average molecular weight is 244 g/mol. The molecule has 0 spiro atoms. The Morgan fingerprint density at radius 2 is 2.11 bits per heavy atom. The molecule has 4 nitrogen and oxygen atoms in total. The van der Waals surface area contributed by atoms with Gasteiger partial charge in [0.05, 0.1) is 18.7 Å². The SMILES string of the molecule is COC(=O)C1CCCCN1c1ccc(C#N)cc1. The zero-order chi connectivity index (χ0) is 13.0. The van der Waals surface area contributed by atoms with E-state index >= 15 is 0 Å². The lowest BCUT2D eigenvalue weighted by Crippen LogP contribution is -2.45. The highest BCUT2D eigenvalue weighted by Crippen LogP contribution is 2.25. The molecule has 1 fully saturated rings. The first-order chi connectivity index (χ1) is 8.76. The van der Waals surface area contributed by atoms with Crippen molar-refractivity contribution in [2.45, 2.75) is 25.3 Å². The number of nitriles is 1. The van der Waals surface area contributed by atoms with E-state index in [0.717, 1.165) is 31.5 Å². The number of benzene rings is 1. The number of esters is 1. The molecule has 2 rings (SSSR count). The lowest BCUT2D eigenvalue weighted by atomic mass is 10.0. The van der Waals surface area contributed by atoms with Gasteiger partial charge in [-0.3, -0.25) is 0 Å². The number of nitrogens with zero attached hydrogens (tertiary/aromatic N) is 2. The largest absolute Gasteiger partial charge is 0.467 e. The molecule has 0 bridgehead atoms. The minimum atomic E-state index is -0.198. The van der Waals surface area contributed by atoms with Crippen LogP contribution < -0.4 is 4.90 Å². The number of hydrogen-bond donors (Lipinski definition) is 0. The van der Waals surface area contributed by atoms with Crippen LogP contribution in [0.2, 0.25) is 0 Å². The highest BCUT2D eigenvalue weighted by molar-refractivity contribution is 5.80. The monoisotopic (exact) mass is 244 g/mol. The number of rotatable bonds is 2. The molecule has 1 saturated heterocycles. The van der Waals surface area contributed by atoms with E-state index < -0.39 is 0 Å². The molecule has 1 unspecified atom stereocenters. The smallest absolute Gasteiger partial charge is 0.328 e. The molecule has 0 aromatic heterocycles. The molecule has 18 heavy (non-hydrogen) atoms. The number of hydrogen-bond acceptors (Lipinski definition) is 4. The van der Waals surface area contributed by atoms with Crippen LogP contribution in [0.5, 0.6) is 0 Å². The third-order valence-corrected chi connectivity index (χ3v) is 3.30. The Labute approximate surface area is 107 Å². The quantitative estimate of drug-likeness (QED) is 0.747. The lowest BCUT2D eigenvalue weighted by molar-refractivity contribution is -0.142. The Bertz CT molecular complexity index is 462. The van der Waals surface area contributed by atoms with Crippen molar-refractivity contribution in [3.05, 3.63) is 29.8 Å². The second kappa shape index (κ2) is 5.54. The fourth-order valence-electron chi connectivity index (χ4n) is 2.35. The molecule has 1 aromatic rings. The number of carbonyl (C=O) groups is 1. The standard InChI is InChI=1S/C14H16N2O2/c1-18-14(17)13-4-2-3-9-16(13)12-7-5-11(10-15)6-8-12/h5-8,13H,2-4,9H2,1H3. The zero-order valence-electron chi connectivity index (χ0n) is 10.4. The Hall–Kier alpha value is -2.02. The highest BCUT2D eigenvalue weighted by Gasteiger charge is 2.29. The number of anilines is 1. The minimum Gasteiger partial charge on any atom is -0.467 e. The summed E-state index contributed by atoms with van der Waals surface area (Å²) in [7, 11) is 1.42. The molecule has 1 aromatic carbocycles. The summed E-state index contributed by atoms with van der Waals surface area (Å²) in [6.45, 7) is 0.853. The number of carbonyl (C=O) groups excluding carboxylic acids is 1. The van der Waals surface area contributed by atoms with Crippen molar-refractivity contribution in [1.82, 2.24) is 0 Å². The Morgan fingerprint density at radius 1 is 1.39 bits per heavy atom. The average Bonchev–Trinajstić information content (AvgIpc) is 2.46. The van der Waals surface area contributed by atoms with Gasteiger partial charge < -0.3 is 9.64 Å². The summed E-state index contributed by atoms with van der Waals surface area (Å²) in [5, 5.41) is 8.78. The van der Waals surface area contributed by atoms with Gasteiger partial charge in [0.1, 0.15) is 6.04 Å².